The van der Waals surface area contributed by atoms with E-state index in [1.54, 1.807) is 0 Å². The molecule has 0 aliphatic heterocycles. The van der Waals surface area contributed by atoms with Crippen LogP contribution in [0.2, 0.25) is 0 Å². The molecule has 1 nitrogen and oxygen atoms in total. The molecule has 0 aromatic heterocycles. The van der Waals surface area contributed by atoms with E-state index in [2.05, 4.69) is 13.8 Å². The van der Waals surface area contributed by atoms with Gasteiger partial charge in [-0.3, -0.25) is 0 Å². The van der Waals surface area contributed by atoms with Crippen LogP contribution >= 0.6 is 0 Å². The van der Waals surface area contributed by atoms with Crippen LogP contribution in [-0.2, 0) is 0 Å². The molecule has 102 valence electrons. The van der Waals surface area contributed by atoms with Crippen molar-refractivity contribution in [3.8, 4) is 0 Å². The summed E-state index contributed by atoms with van der Waals surface area (Å²) in [5.74, 6) is 1.71. The number of hydrogen-bond donors (Lipinski definition) is 1. The van der Waals surface area contributed by atoms with Gasteiger partial charge in [0.2, 0.25) is 0 Å². The first kappa shape index (κ1) is 15.0. The Labute approximate surface area is 109 Å². The van der Waals surface area contributed by atoms with Crippen molar-refractivity contribution in [1.29, 1.82) is 0 Å². The Bertz CT molecular complexity index is 178. The first-order chi connectivity index (χ1) is 8.25. The predicted octanol–water partition coefficient (Wildman–Crippen LogP) is 4.89. The van der Waals surface area contributed by atoms with E-state index in [9.17, 15) is 0 Å². The third-order valence-corrected chi connectivity index (χ3v) is 4.72. The van der Waals surface area contributed by atoms with Gasteiger partial charge in [0.1, 0.15) is 0 Å². The maximum atomic E-state index is 6.07. The number of rotatable bonds is 9. The van der Waals surface area contributed by atoms with Gasteiger partial charge in [-0.2, -0.15) is 0 Å². The topological polar surface area (TPSA) is 26.0 Å². The van der Waals surface area contributed by atoms with E-state index in [0.29, 0.717) is 6.04 Å². The molecule has 0 amide bonds. The van der Waals surface area contributed by atoms with Crippen molar-refractivity contribution in [2.45, 2.75) is 90.5 Å². The Kier molecular flexibility index (Phi) is 7.92. The standard InChI is InChI=1S/C16H33N/c1-3-4-5-6-7-8-9-10-11-15-12-13-16(17)14(15)2/h14-16H,3-13,17H2,1-2H3. The van der Waals surface area contributed by atoms with Gasteiger partial charge < -0.3 is 5.73 Å². The molecule has 0 radical (unpaired) electrons. The Morgan fingerprint density at radius 3 is 2.00 bits per heavy atom. The van der Waals surface area contributed by atoms with Gasteiger partial charge in [-0.1, -0.05) is 71.6 Å². The Balaban J connectivity index is 1.87. The summed E-state index contributed by atoms with van der Waals surface area (Å²) in [6, 6.07) is 0.494. The lowest BCUT2D eigenvalue weighted by molar-refractivity contribution is 0.355. The first-order valence-corrected chi connectivity index (χ1v) is 8.01. The van der Waals surface area contributed by atoms with E-state index in [4.69, 9.17) is 5.73 Å². The zero-order valence-electron chi connectivity index (χ0n) is 12.1. The molecule has 1 saturated carbocycles. The van der Waals surface area contributed by atoms with Crippen LogP contribution in [0.3, 0.4) is 0 Å². The lowest BCUT2D eigenvalue weighted by atomic mass is 9.90. The normalized spacial score (nSPS) is 28.8. The monoisotopic (exact) mass is 239 g/mol. The highest BCUT2D eigenvalue weighted by atomic mass is 14.7. The molecule has 3 atom stereocenters. The molecule has 0 aromatic carbocycles. The molecule has 0 saturated heterocycles. The summed E-state index contributed by atoms with van der Waals surface area (Å²) in [5.41, 5.74) is 6.07. The predicted molar refractivity (Wildman–Crippen MR) is 77.1 cm³/mol. The number of unbranched alkanes of at least 4 members (excludes halogenated alkanes) is 7. The summed E-state index contributed by atoms with van der Waals surface area (Å²) in [7, 11) is 0. The van der Waals surface area contributed by atoms with Gasteiger partial charge in [-0.25, -0.2) is 0 Å². The molecule has 17 heavy (non-hydrogen) atoms. The molecule has 1 aliphatic rings. The SMILES string of the molecule is CCCCCCCCCCC1CCC(N)C1C. The lowest BCUT2D eigenvalue weighted by Gasteiger charge is -2.17. The minimum absolute atomic E-state index is 0.494. The van der Waals surface area contributed by atoms with Crippen LogP contribution in [0.1, 0.15) is 84.5 Å². The Morgan fingerprint density at radius 2 is 1.47 bits per heavy atom. The largest absolute Gasteiger partial charge is 0.327 e. The van der Waals surface area contributed by atoms with Crippen molar-refractivity contribution in [3.63, 3.8) is 0 Å². The minimum atomic E-state index is 0.494. The van der Waals surface area contributed by atoms with Crippen LogP contribution in [0.4, 0.5) is 0 Å². The highest BCUT2D eigenvalue weighted by Gasteiger charge is 2.29. The van der Waals surface area contributed by atoms with Crippen molar-refractivity contribution >= 4 is 0 Å². The van der Waals surface area contributed by atoms with Crippen molar-refractivity contribution in [3.05, 3.63) is 0 Å². The van der Waals surface area contributed by atoms with Crippen molar-refractivity contribution in [2.24, 2.45) is 17.6 Å². The van der Waals surface area contributed by atoms with Gasteiger partial charge in [0.15, 0.2) is 0 Å². The van der Waals surface area contributed by atoms with Crippen LogP contribution < -0.4 is 5.73 Å². The zero-order chi connectivity index (χ0) is 12.5. The second kappa shape index (κ2) is 8.97. The smallest absolute Gasteiger partial charge is 0.00672 e. The molecular formula is C16H33N. The second-order valence-electron chi connectivity index (χ2n) is 6.12. The summed E-state index contributed by atoms with van der Waals surface area (Å²) in [6.45, 7) is 4.64. The van der Waals surface area contributed by atoms with Gasteiger partial charge in [-0.15, -0.1) is 0 Å². The van der Waals surface area contributed by atoms with E-state index in [1.807, 2.05) is 0 Å². The average molecular weight is 239 g/mol. The summed E-state index contributed by atoms with van der Waals surface area (Å²) in [5, 5.41) is 0. The van der Waals surface area contributed by atoms with E-state index in [1.165, 1.54) is 70.6 Å². The third-order valence-electron chi connectivity index (χ3n) is 4.72. The average Bonchev–Trinajstić information content (AvgIpc) is 2.64. The Hall–Kier alpha value is -0.0400. The van der Waals surface area contributed by atoms with Gasteiger partial charge in [0.25, 0.3) is 0 Å². The summed E-state index contributed by atoms with van der Waals surface area (Å²) >= 11 is 0. The molecule has 1 fully saturated rings. The van der Waals surface area contributed by atoms with Crippen molar-refractivity contribution < 1.29 is 0 Å². The van der Waals surface area contributed by atoms with Gasteiger partial charge in [0.05, 0.1) is 0 Å². The maximum absolute atomic E-state index is 6.07. The van der Waals surface area contributed by atoms with Gasteiger partial charge >= 0.3 is 0 Å². The quantitative estimate of drug-likeness (QED) is 0.570. The molecule has 0 spiro atoms. The maximum Gasteiger partial charge on any atom is 0.00672 e. The van der Waals surface area contributed by atoms with E-state index in [-0.39, 0.29) is 0 Å². The van der Waals surface area contributed by atoms with Crippen LogP contribution in [0.15, 0.2) is 0 Å². The summed E-state index contributed by atoms with van der Waals surface area (Å²) in [6.07, 6.45) is 15.6. The molecule has 1 aliphatic carbocycles. The van der Waals surface area contributed by atoms with Crippen molar-refractivity contribution in [2.75, 3.05) is 0 Å². The van der Waals surface area contributed by atoms with Crippen LogP contribution in [0, 0.1) is 11.8 Å². The highest BCUT2D eigenvalue weighted by molar-refractivity contribution is 4.84. The third kappa shape index (κ3) is 5.90. The molecule has 2 N–H and O–H groups in total. The Morgan fingerprint density at radius 1 is 0.882 bits per heavy atom. The fourth-order valence-corrected chi connectivity index (χ4v) is 3.23. The number of nitrogens with two attached hydrogens (primary N) is 1. The van der Waals surface area contributed by atoms with Crippen LogP contribution in [0.5, 0.6) is 0 Å². The molecule has 0 aromatic rings. The van der Waals surface area contributed by atoms with E-state index in [0.717, 1.165) is 11.8 Å². The van der Waals surface area contributed by atoms with Crippen molar-refractivity contribution in [1.82, 2.24) is 0 Å². The van der Waals surface area contributed by atoms with Crippen LogP contribution in [-0.4, -0.2) is 6.04 Å². The lowest BCUT2D eigenvalue weighted by Crippen LogP contribution is -2.25. The van der Waals surface area contributed by atoms with Crippen LogP contribution in [0.25, 0.3) is 0 Å². The van der Waals surface area contributed by atoms with E-state index >= 15 is 0 Å². The van der Waals surface area contributed by atoms with Gasteiger partial charge in [-0.05, 0) is 24.7 Å². The number of hydrogen-bond acceptors (Lipinski definition) is 1. The molecular weight excluding hydrogens is 206 g/mol. The fourth-order valence-electron chi connectivity index (χ4n) is 3.23. The minimum Gasteiger partial charge on any atom is -0.327 e. The zero-order valence-corrected chi connectivity index (χ0v) is 12.1. The first-order valence-electron chi connectivity index (χ1n) is 8.01. The molecule has 1 rings (SSSR count). The summed E-state index contributed by atoms with van der Waals surface area (Å²) < 4.78 is 0. The molecule has 1 heteroatoms. The second-order valence-corrected chi connectivity index (χ2v) is 6.12. The highest BCUT2D eigenvalue weighted by Crippen LogP contribution is 2.34. The van der Waals surface area contributed by atoms with E-state index < -0.39 is 0 Å². The molecule has 0 bridgehead atoms. The fraction of sp³-hybridized carbons (Fsp3) is 1.00. The molecule has 3 unspecified atom stereocenters. The molecule has 0 heterocycles. The summed E-state index contributed by atoms with van der Waals surface area (Å²) in [4.78, 5) is 0. The van der Waals surface area contributed by atoms with Gasteiger partial charge in [0, 0.05) is 6.04 Å².